The van der Waals surface area contributed by atoms with Crippen LogP contribution in [0, 0.1) is 0 Å². The molecule has 0 spiro atoms. The second-order valence-corrected chi connectivity index (χ2v) is 11.6. The molecule has 0 aliphatic heterocycles. The van der Waals surface area contributed by atoms with Crippen LogP contribution in [-0.2, 0) is 20.9 Å². The van der Waals surface area contributed by atoms with Crippen LogP contribution in [0.3, 0.4) is 0 Å². The highest BCUT2D eigenvalue weighted by Crippen LogP contribution is 2.43. The van der Waals surface area contributed by atoms with Crippen molar-refractivity contribution in [3.63, 3.8) is 0 Å². The third-order valence-corrected chi connectivity index (χ3v) is 6.42. The number of quaternary nitrogens is 1. The first-order valence-corrected chi connectivity index (χ1v) is 13.8. The molecule has 0 radical (unpaired) electrons. The van der Waals surface area contributed by atoms with E-state index in [9.17, 15) is 4.89 Å². The third kappa shape index (κ3) is 22.6. The zero-order chi connectivity index (χ0) is 20.4. The second-order valence-electron chi connectivity index (χ2n) is 8.75. The molecule has 0 amide bonds. The van der Waals surface area contributed by atoms with Gasteiger partial charge in [-0.15, -0.1) is 0 Å². The van der Waals surface area contributed by atoms with Gasteiger partial charge >= 0.3 is 6.72 Å². The Bertz CT molecular complexity index is 375. The minimum atomic E-state index is -3.04. The van der Waals surface area contributed by atoms with Gasteiger partial charge in [-0.25, -0.2) is 0 Å². The lowest BCUT2D eigenvalue weighted by molar-refractivity contribution is -0.870. The van der Waals surface area contributed by atoms with E-state index in [-0.39, 0.29) is 0 Å². The summed E-state index contributed by atoms with van der Waals surface area (Å²) in [5, 5.41) is 0. The van der Waals surface area contributed by atoms with E-state index in [4.69, 9.17) is 20.9 Å². The van der Waals surface area contributed by atoms with Gasteiger partial charge < -0.3 is 18.4 Å². The molecule has 164 valence electrons. The van der Waals surface area contributed by atoms with Gasteiger partial charge in [-0.2, -0.15) is 0 Å². The van der Waals surface area contributed by atoms with E-state index in [0.29, 0.717) is 13.2 Å². The van der Waals surface area contributed by atoms with Crippen molar-refractivity contribution in [2.45, 2.75) is 96.8 Å². The fourth-order valence-corrected chi connectivity index (χ4v) is 4.14. The molecule has 1 unspecified atom stereocenters. The lowest BCUT2D eigenvalue weighted by atomic mass is 10.0. The lowest BCUT2D eigenvalue weighted by Gasteiger charge is -2.24. The van der Waals surface area contributed by atoms with Gasteiger partial charge in [0.25, 0.3) is 0 Å². The largest absolute Gasteiger partial charge is 0.329 e. The first-order chi connectivity index (χ1) is 12.8. The minimum absolute atomic E-state index is 0.440. The smallest absolute Gasteiger partial charge is 0.324 e. The molecular formula is C21H47NO3PS+. The van der Waals surface area contributed by atoms with E-state index in [0.717, 1.165) is 23.9 Å². The summed E-state index contributed by atoms with van der Waals surface area (Å²) in [6.07, 6.45) is 18.6. The summed E-state index contributed by atoms with van der Waals surface area (Å²) in [7, 11) is 6.25. The van der Waals surface area contributed by atoms with Gasteiger partial charge in [0.05, 0.1) is 27.7 Å². The fourth-order valence-electron chi connectivity index (χ4n) is 2.94. The number of unbranched alkanes of at least 4 members (excludes halogenated alkanes) is 13. The van der Waals surface area contributed by atoms with Crippen LogP contribution in [0.25, 0.3) is 0 Å². The number of likely N-dealkylation sites (N-methyl/N-ethyl adjacent to an activating group) is 1. The monoisotopic (exact) mass is 424 g/mol. The Kier molecular flexibility index (Phi) is 17.7. The Morgan fingerprint density at radius 3 is 1.44 bits per heavy atom. The molecule has 0 rings (SSSR count). The van der Waals surface area contributed by atoms with E-state index >= 15 is 0 Å². The Balaban J connectivity index is 3.31. The number of hydrogen-bond donors (Lipinski definition) is 1. The van der Waals surface area contributed by atoms with Crippen molar-refractivity contribution in [2.75, 3.05) is 40.9 Å². The molecule has 0 aliphatic carbocycles. The molecule has 0 aromatic carbocycles. The van der Waals surface area contributed by atoms with Crippen molar-refractivity contribution in [1.29, 1.82) is 0 Å². The summed E-state index contributed by atoms with van der Waals surface area (Å²) < 4.78 is 11.6. The molecule has 0 aromatic rings. The third-order valence-electron chi connectivity index (χ3n) is 4.77. The van der Waals surface area contributed by atoms with E-state index in [1.165, 1.54) is 77.0 Å². The molecular weight excluding hydrogens is 377 g/mol. The normalized spacial score (nSPS) is 14.4. The van der Waals surface area contributed by atoms with Gasteiger partial charge in [-0.3, -0.25) is 0 Å². The van der Waals surface area contributed by atoms with E-state index < -0.39 is 6.72 Å². The average Bonchev–Trinajstić information content (AvgIpc) is 2.57. The van der Waals surface area contributed by atoms with Crippen molar-refractivity contribution in [3.8, 4) is 0 Å². The van der Waals surface area contributed by atoms with Crippen LogP contribution >= 0.6 is 6.72 Å². The van der Waals surface area contributed by atoms with Crippen LogP contribution in [0.2, 0.25) is 0 Å². The van der Waals surface area contributed by atoms with Crippen molar-refractivity contribution >= 4 is 18.5 Å². The van der Waals surface area contributed by atoms with E-state index in [2.05, 4.69) is 28.1 Å². The molecule has 27 heavy (non-hydrogen) atoms. The highest BCUT2D eigenvalue weighted by atomic mass is 32.5. The van der Waals surface area contributed by atoms with Gasteiger partial charge in [-0.05, 0) is 18.2 Å². The molecule has 0 saturated carbocycles. The number of hydrogen-bond acceptors (Lipinski definition) is 3. The van der Waals surface area contributed by atoms with Gasteiger partial charge in [0.15, 0.2) is 0 Å². The number of rotatable bonds is 20. The SMILES string of the molecule is CCCCCCCCCCCCCCCCOP(O)(=S)OCC[N+](C)(C)C. The van der Waals surface area contributed by atoms with Crippen LogP contribution in [0.15, 0.2) is 0 Å². The molecule has 4 nitrogen and oxygen atoms in total. The first-order valence-electron chi connectivity index (χ1n) is 11.2. The maximum Gasteiger partial charge on any atom is 0.324 e. The quantitative estimate of drug-likeness (QED) is 0.139. The molecule has 0 aromatic heterocycles. The van der Waals surface area contributed by atoms with E-state index in [1.54, 1.807) is 0 Å². The molecule has 0 heterocycles. The standard InChI is InChI=1S/C21H46NO3PS/c1-5-6-7-8-9-10-11-12-13-14-15-16-17-18-20-24-26(23,27)25-21-19-22(2,3)4/h5-21H2,1-4H3/p+1. The number of nitrogens with zero attached hydrogens (tertiary/aromatic N) is 1. The maximum atomic E-state index is 9.99. The molecule has 0 saturated heterocycles. The maximum absolute atomic E-state index is 9.99. The van der Waals surface area contributed by atoms with E-state index in [1.807, 2.05) is 0 Å². The van der Waals surface area contributed by atoms with Crippen LogP contribution in [0.5, 0.6) is 0 Å². The highest BCUT2D eigenvalue weighted by Gasteiger charge is 2.16. The topological polar surface area (TPSA) is 38.7 Å². The highest BCUT2D eigenvalue weighted by molar-refractivity contribution is 8.07. The predicted octanol–water partition coefficient (Wildman–Crippen LogP) is 6.42. The van der Waals surface area contributed by atoms with Crippen molar-refractivity contribution < 1.29 is 18.4 Å². The summed E-state index contributed by atoms with van der Waals surface area (Å²) in [4.78, 5) is 9.99. The van der Waals surface area contributed by atoms with Gasteiger partial charge in [-0.1, -0.05) is 90.4 Å². The van der Waals surface area contributed by atoms with Gasteiger partial charge in [0.2, 0.25) is 0 Å². The predicted molar refractivity (Wildman–Crippen MR) is 122 cm³/mol. The lowest BCUT2D eigenvalue weighted by Crippen LogP contribution is -2.37. The second kappa shape index (κ2) is 17.4. The first kappa shape index (κ1) is 27.5. The summed E-state index contributed by atoms with van der Waals surface area (Å²) in [5.74, 6) is 0. The summed E-state index contributed by atoms with van der Waals surface area (Å²) in [6, 6.07) is 0. The summed E-state index contributed by atoms with van der Waals surface area (Å²) in [6.45, 7) is 0.990. The van der Waals surface area contributed by atoms with Crippen molar-refractivity contribution in [3.05, 3.63) is 0 Å². The van der Waals surface area contributed by atoms with Gasteiger partial charge in [0, 0.05) is 0 Å². The van der Waals surface area contributed by atoms with Crippen molar-refractivity contribution in [1.82, 2.24) is 0 Å². The van der Waals surface area contributed by atoms with Crippen LogP contribution in [-0.4, -0.2) is 50.3 Å². The molecule has 1 N–H and O–H groups in total. The molecule has 1 atom stereocenters. The zero-order valence-corrected chi connectivity index (χ0v) is 20.3. The Hall–Kier alpha value is 0.490. The van der Waals surface area contributed by atoms with Crippen LogP contribution in [0.1, 0.15) is 96.8 Å². The van der Waals surface area contributed by atoms with Crippen LogP contribution < -0.4 is 0 Å². The summed E-state index contributed by atoms with van der Waals surface area (Å²) in [5.41, 5.74) is 0. The van der Waals surface area contributed by atoms with Crippen LogP contribution in [0.4, 0.5) is 0 Å². The molecule has 6 heteroatoms. The molecule has 0 fully saturated rings. The van der Waals surface area contributed by atoms with Crippen molar-refractivity contribution in [2.24, 2.45) is 0 Å². The molecule has 0 bridgehead atoms. The minimum Gasteiger partial charge on any atom is -0.329 e. The Morgan fingerprint density at radius 1 is 0.667 bits per heavy atom. The Labute approximate surface area is 174 Å². The Morgan fingerprint density at radius 2 is 1.04 bits per heavy atom. The summed E-state index contributed by atoms with van der Waals surface area (Å²) >= 11 is 5.05. The molecule has 0 aliphatic rings. The average molecular weight is 425 g/mol. The fraction of sp³-hybridized carbons (Fsp3) is 1.00. The van der Waals surface area contributed by atoms with Gasteiger partial charge in [0.1, 0.15) is 13.2 Å². The zero-order valence-electron chi connectivity index (χ0n) is 18.6.